The smallest absolute Gasteiger partial charge is 0.217 e. The van der Waals surface area contributed by atoms with E-state index in [4.69, 9.17) is 4.74 Å². The molecule has 1 amide bonds. The first kappa shape index (κ1) is 16.4. The molecule has 0 atom stereocenters. The maximum Gasteiger partial charge on any atom is 0.217 e. The maximum atomic E-state index is 11.1. The van der Waals surface area contributed by atoms with Gasteiger partial charge >= 0.3 is 0 Å². The normalized spacial score (nSPS) is 14.8. The minimum Gasteiger partial charge on any atom is -0.497 e. The molecule has 24 heavy (non-hydrogen) atoms. The Morgan fingerprint density at radius 1 is 1.21 bits per heavy atom. The highest BCUT2D eigenvalue weighted by molar-refractivity contribution is 5.72. The molecule has 0 radical (unpaired) electrons. The van der Waals surface area contributed by atoms with Crippen LogP contribution < -0.4 is 10.1 Å². The summed E-state index contributed by atoms with van der Waals surface area (Å²) in [5.41, 5.74) is 1.27. The van der Waals surface area contributed by atoms with Crippen molar-refractivity contribution in [3.63, 3.8) is 0 Å². The van der Waals surface area contributed by atoms with Crippen molar-refractivity contribution in [3.8, 4) is 5.75 Å². The third-order valence-corrected chi connectivity index (χ3v) is 4.26. The zero-order chi connectivity index (χ0) is 16.9. The number of benzene rings is 1. The van der Waals surface area contributed by atoms with Crippen molar-refractivity contribution in [2.75, 3.05) is 20.2 Å². The van der Waals surface area contributed by atoms with Crippen LogP contribution in [0.1, 0.15) is 24.1 Å². The van der Waals surface area contributed by atoms with Crippen molar-refractivity contribution in [2.24, 2.45) is 0 Å². The van der Waals surface area contributed by atoms with Crippen LogP contribution in [0.3, 0.4) is 0 Å². The number of carbonyl (C=O) groups excluding carboxylic acids is 1. The van der Waals surface area contributed by atoms with Gasteiger partial charge in [-0.25, -0.2) is 0 Å². The molecule has 0 unspecified atom stereocenters. The van der Waals surface area contributed by atoms with Crippen LogP contribution in [0.2, 0.25) is 0 Å². The average molecular weight is 329 g/mol. The third kappa shape index (κ3) is 3.91. The van der Waals surface area contributed by atoms with Gasteiger partial charge in [-0.05, 0) is 17.7 Å². The minimum absolute atomic E-state index is 0.0536. The van der Waals surface area contributed by atoms with E-state index in [1.165, 1.54) is 12.5 Å². The molecule has 0 aliphatic carbocycles. The van der Waals surface area contributed by atoms with E-state index in [2.05, 4.69) is 37.1 Å². The van der Waals surface area contributed by atoms with E-state index in [-0.39, 0.29) is 5.91 Å². The molecular formula is C17H23N5O2. The number of rotatable bonds is 5. The lowest BCUT2D eigenvalue weighted by molar-refractivity contribution is -0.119. The molecule has 7 nitrogen and oxygen atoms in total. The van der Waals surface area contributed by atoms with E-state index in [1.807, 2.05) is 12.1 Å². The van der Waals surface area contributed by atoms with E-state index >= 15 is 0 Å². The topological polar surface area (TPSA) is 72.3 Å². The van der Waals surface area contributed by atoms with Gasteiger partial charge in [-0.1, -0.05) is 12.1 Å². The number of fused-ring (bicyclic) bond motifs is 1. The lowest BCUT2D eigenvalue weighted by Gasteiger charge is -2.19. The Hall–Kier alpha value is -2.41. The van der Waals surface area contributed by atoms with Crippen LogP contribution in [0.25, 0.3) is 0 Å². The number of hydrogen-bond donors (Lipinski definition) is 1. The quantitative estimate of drug-likeness (QED) is 0.885. The van der Waals surface area contributed by atoms with Gasteiger partial charge in [-0.2, -0.15) is 0 Å². The van der Waals surface area contributed by atoms with Gasteiger partial charge in [-0.3, -0.25) is 9.69 Å². The SMILES string of the molecule is COc1ccc(CN2CCc3nnc(CNC(C)=O)n3CC2)cc1. The Morgan fingerprint density at radius 2 is 2.00 bits per heavy atom. The Morgan fingerprint density at radius 3 is 2.71 bits per heavy atom. The van der Waals surface area contributed by atoms with E-state index < -0.39 is 0 Å². The van der Waals surface area contributed by atoms with Gasteiger partial charge in [0.2, 0.25) is 5.91 Å². The van der Waals surface area contributed by atoms with Crippen LogP contribution in [-0.2, 0) is 30.8 Å². The van der Waals surface area contributed by atoms with E-state index in [0.717, 1.165) is 50.0 Å². The van der Waals surface area contributed by atoms with E-state index in [0.29, 0.717) is 6.54 Å². The van der Waals surface area contributed by atoms with Crippen molar-refractivity contribution in [2.45, 2.75) is 33.0 Å². The van der Waals surface area contributed by atoms with Crippen molar-refractivity contribution >= 4 is 5.91 Å². The number of amides is 1. The lowest BCUT2D eigenvalue weighted by Crippen LogP contribution is -2.27. The Labute approximate surface area is 141 Å². The largest absolute Gasteiger partial charge is 0.497 e. The third-order valence-electron chi connectivity index (χ3n) is 4.26. The molecule has 1 aromatic heterocycles. The number of aromatic nitrogens is 3. The summed E-state index contributed by atoms with van der Waals surface area (Å²) in [6.45, 7) is 5.57. The summed E-state index contributed by atoms with van der Waals surface area (Å²) < 4.78 is 7.33. The molecule has 1 aromatic carbocycles. The molecule has 0 saturated heterocycles. The lowest BCUT2D eigenvalue weighted by atomic mass is 10.2. The molecule has 0 bridgehead atoms. The second-order valence-corrected chi connectivity index (χ2v) is 5.97. The molecule has 7 heteroatoms. The second-order valence-electron chi connectivity index (χ2n) is 5.97. The molecule has 1 aliphatic heterocycles. The minimum atomic E-state index is -0.0536. The molecule has 0 saturated carbocycles. The predicted molar refractivity (Wildman–Crippen MR) is 89.5 cm³/mol. The summed E-state index contributed by atoms with van der Waals surface area (Å²) >= 11 is 0. The molecule has 1 aliphatic rings. The maximum absolute atomic E-state index is 11.1. The summed E-state index contributed by atoms with van der Waals surface area (Å²) in [4.78, 5) is 13.5. The van der Waals surface area contributed by atoms with Crippen molar-refractivity contribution in [1.82, 2.24) is 25.0 Å². The van der Waals surface area contributed by atoms with Gasteiger partial charge in [-0.15, -0.1) is 10.2 Å². The van der Waals surface area contributed by atoms with Gasteiger partial charge in [0.1, 0.15) is 11.6 Å². The van der Waals surface area contributed by atoms with Crippen LogP contribution in [0.4, 0.5) is 0 Å². The van der Waals surface area contributed by atoms with Gasteiger partial charge in [0.25, 0.3) is 0 Å². The Balaban J connectivity index is 1.61. The van der Waals surface area contributed by atoms with Crippen LogP contribution in [0, 0.1) is 0 Å². The highest BCUT2D eigenvalue weighted by Gasteiger charge is 2.18. The molecule has 128 valence electrons. The van der Waals surface area contributed by atoms with Gasteiger partial charge < -0.3 is 14.6 Å². The summed E-state index contributed by atoms with van der Waals surface area (Å²) in [6.07, 6.45) is 0.864. The summed E-state index contributed by atoms with van der Waals surface area (Å²) in [7, 11) is 1.68. The molecule has 0 spiro atoms. The predicted octanol–water partition coefficient (Wildman–Crippen LogP) is 0.981. The summed E-state index contributed by atoms with van der Waals surface area (Å²) in [6, 6.07) is 8.19. The number of ether oxygens (including phenoxy) is 1. The van der Waals surface area contributed by atoms with Crippen molar-refractivity contribution in [1.29, 1.82) is 0 Å². The number of nitrogens with one attached hydrogen (secondary N) is 1. The fourth-order valence-corrected chi connectivity index (χ4v) is 2.91. The number of methoxy groups -OCH3 is 1. The van der Waals surface area contributed by atoms with Crippen LogP contribution in [-0.4, -0.2) is 45.8 Å². The average Bonchev–Trinajstić information content (AvgIpc) is 2.87. The first-order valence-corrected chi connectivity index (χ1v) is 8.16. The first-order chi connectivity index (χ1) is 11.7. The fourth-order valence-electron chi connectivity index (χ4n) is 2.91. The van der Waals surface area contributed by atoms with Gasteiger partial charge in [0.05, 0.1) is 13.7 Å². The molecule has 2 aromatic rings. The zero-order valence-electron chi connectivity index (χ0n) is 14.2. The van der Waals surface area contributed by atoms with Gasteiger partial charge in [0.15, 0.2) is 5.82 Å². The van der Waals surface area contributed by atoms with E-state index in [9.17, 15) is 4.79 Å². The standard InChI is InChI=1S/C17H23N5O2/c1-13(23)18-11-17-20-19-16-7-8-21(9-10-22(16)17)12-14-3-5-15(24-2)6-4-14/h3-6H,7-12H2,1-2H3,(H,18,23). The first-order valence-electron chi connectivity index (χ1n) is 8.16. The number of hydrogen-bond acceptors (Lipinski definition) is 5. The van der Waals surface area contributed by atoms with Crippen molar-refractivity contribution in [3.05, 3.63) is 41.5 Å². The number of nitrogens with zero attached hydrogens (tertiary/aromatic N) is 4. The summed E-state index contributed by atoms with van der Waals surface area (Å²) in [5, 5.41) is 11.3. The molecular weight excluding hydrogens is 306 g/mol. The Bertz CT molecular complexity index is 696. The second kappa shape index (κ2) is 7.44. The van der Waals surface area contributed by atoms with Crippen molar-refractivity contribution < 1.29 is 9.53 Å². The fraction of sp³-hybridized carbons (Fsp3) is 0.471. The zero-order valence-corrected chi connectivity index (χ0v) is 14.2. The van der Waals surface area contributed by atoms with Crippen LogP contribution in [0.5, 0.6) is 5.75 Å². The van der Waals surface area contributed by atoms with Gasteiger partial charge in [0, 0.05) is 39.5 Å². The monoisotopic (exact) mass is 329 g/mol. The molecule has 0 fully saturated rings. The molecule has 1 N–H and O–H groups in total. The highest BCUT2D eigenvalue weighted by Crippen LogP contribution is 2.15. The summed E-state index contributed by atoms with van der Waals surface area (Å²) in [5.74, 6) is 2.64. The number of carbonyl (C=O) groups is 1. The molecule has 2 heterocycles. The molecule has 3 rings (SSSR count). The highest BCUT2D eigenvalue weighted by atomic mass is 16.5. The van der Waals surface area contributed by atoms with Crippen LogP contribution >= 0.6 is 0 Å². The Kier molecular flexibility index (Phi) is 5.10. The van der Waals surface area contributed by atoms with E-state index in [1.54, 1.807) is 7.11 Å². The van der Waals surface area contributed by atoms with Crippen LogP contribution in [0.15, 0.2) is 24.3 Å².